The summed E-state index contributed by atoms with van der Waals surface area (Å²) in [6.07, 6.45) is 5.97. The predicted molar refractivity (Wildman–Crippen MR) is 79.0 cm³/mol. The van der Waals surface area contributed by atoms with Gasteiger partial charge < -0.3 is 5.32 Å². The Balaban J connectivity index is 2.06. The van der Waals surface area contributed by atoms with Crippen molar-refractivity contribution in [1.29, 1.82) is 0 Å². The molecule has 0 bridgehead atoms. The van der Waals surface area contributed by atoms with E-state index in [-0.39, 0.29) is 0 Å². The highest BCUT2D eigenvalue weighted by atomic mass is 32.1. The first-order chi connectivity index (χ1) is 8.93. The second-order valence-corrected chi connectivity index (χ2v) is 5.77. The molecule has 0 atom stereocenters. The molecule has 4 rings (SSSR count). The summed E-state index contributed by atoms with van der Waals surface area (Å²) in [5, 5.41) is 4.84. The van der Waals surface area contributed by atoms with Gasteiger partial charge in [0.05, 0.1) is 17.1 Å². The van der Waals surface area contributed by atoms with Gasteiger partial charge in [-0.15, -0.1) is 11.3 Å². The number of hydrogen-bond acceptors (Lipinski definition) is 4. The molecule has 0 saturated carbocycles. The fourth-order valence-corrected chi connectivity index (χ4v) is 3.85. The van der Waals surface area contributed by atoms with Crippen LogP contribution < -0.4 is 5.32 Å². The van der Waals surface area contributed by atoms with Crippen molar-refractivity contribution in [2.75, 3.05) is 11.9 Å². The molecular formula is C14H13N3S. The van der Waals surface area contributed by atoms with Crippen molar-refractivity contribution in [3.8, 4) is 0 Å². The third-order valence-corrected chi connectivity index (χ3v) is 4.67. The smallest absolute Gasteiger partial charge is 0.0870 e. The first-order valence-corrected chi connectivity index (χ1v) is 7.09. The maximum Gasteiger partial charge on any atom is 0.0870 e. The Kier molecular flexibility index (Phi) is 2.23. The van der Waals surface area contributed by atoms with Crippen LogP contribution in [0.3, 0.4) is 0 Å². The summed E-state index contributed by atoms with van der Waals surface area (Å²) in [5.74, 6) is 0. The van der Waals surface area contributed by atoms with Crippen molar-refractivity contribution < 1.29 is 0 Å². The molecule has 1 aromatic carbocycles. The van der Waals surface area contributed by atoms with Gasteiger partial charge in [-0.3, -0.25) is 9.98 Å². The van der Waals surface area contributed by atoms with E-state index in [2.05, 4.69) is 27.4 Å². The highest BCUT2D eigenvalue weighted by Gasteiger charge is 2.19. The molecule has 4 heteroatoms. The molecule has 0 radical (unpaired) electrons. The molecule has 2 aromatic rings. The summed E-state index contributed by atoms with van der Waals surface area (Å²) >= 11 is 1.83. The topological polar surface area (TPSA) is 36.8 Å². The standard InChI is InChI=1S/C14H13N3S/c1-2-9-10(16-5-1)3-4-11-13(9)14-12(18-11)8-15-6-7-17-14/h3-4,6-7,16H,1-2,5,8H2. The van der Waals surface area contributed by atoms with Crippen molar-refractivity contribution in [3.05, 3.63) is 22.6 Å². The van der Waals surface area contributed by atoms with Crippen LogP contribution >= 0.6 is 11.3 Å². The number of fused-ring (bicyclic) bond motifs is 5. The molecule has 3 heterocycles. The van der Waals surface area contributed by atoms with Crippen molar-refractivity contribution in [3.63, 3.8) is 0 Å². The molecule has 1 aromatic heterocycles. The van der Waals surface area contributed by atoms with E-state index in [0.29, 0.717) is 0 Å². The number of nitrogens with zero attached hydrogens (tertiary/aromatic N) is 2. The largest absolute Gasteiger partial charge is 0.385 e. The lowest BCUT2D eigenvalue weighted by Gasteiger charge is -2.18. The molecule has 3 nitrogen and oxygen atoms in total. The van der Waals surface area contributed by atoms with Crippen molar-refractivity contribution >= 4 is 45.2 Å². The second kappa shape index (κ2) is 3.92. The van der Waals surface area contributed by atoms with Crippen LogP contribution in [-0.2, 0) is 13.0 Å². The van der Waals surface area contributed by atoms with Crippen LogP contribution in [0.1, 0.15) is 16.9 Å². The summed E-state index contributed by atoms with van der Waals surface area (Å²) in [6.45, 7) is 1.84. The third-order valence-electron chi connectivity index (χ3n) is 3.54. The van der Waals surface area contributed by atoms with Crippen LogP contribution in [0.2, 0.25) is 0 Å². The minimum atomic E-state index is 0.761. The molecule has 2 aliphatic heterocycles. The minimum absolute atomic E-state index is 0.761. The van der Waals surface area contributed by atoms with Gasteiger partial charge in [-0.25, -0.2) is 0 Å². The number of nitrogens with one attached hydrogen (secondary N) is 1. The van der Waals surface area contributed by atoms with E-state index in [1.807, 2.05) is 17.6 Å². The van der Waals surface area contributed by atoms with E-state index in [0.717, 1.165) is 25.2 Å². The zero-order chi connectivity index (χ0) is 11.9. The first-order valence-electron chi connectivity index (χ1n) is 6.27. The quantitative estimate of drug-likeness (QED) is 0.768. The molecule has 0 spiro atoms. The zero-order valence-electron chi connectivity index (χ0n) is 9.94. The van der Waals surface area contributed by atoms with Gasteiger partial charge in [0.2, 0.25) is 0 Å². The summed E-state index contributed by atoms with van der Waals surface area (Å²) in [4.78, 5) is 10.2. The Labute approximate surface area is 109 Å². The average molecular weight is 255 g/mol. The molecule has 1 N–H and O–H groups in total. The Hall–Kier alpha value is -1.68. The number of aliphatic imine (C=N–C) groups is 2. The number of rotatable bonds is 0. The Morgan fingerprint density at radius 1 is 1.22 bits per heavy atom. The van der Waals surface area contributed by atoms with E-state index in [1.54, 1.807) is 6.21 Å². The van der Waals surface area contributed by atoms with Gasteiger partial charge in [0, 0.05) is 34.7 Å². The lowest BCUT2D eigenvalue weighted by atomic mass is 9.98. The number of thiophene rings is 1. The van der Waals surface area contributed by atoms with Crippen LogP contribution in [0.15, 0.2) is 22.1 Å². The Morgan fingerprint density at radius 2 is 2.22 bits per heavy atom. The average Bonchev–Trinajstić information content (AvgIpc) is 2.61. The predicted octanol–water partition coefficient (Wildman–Crippen LogP) is 3.55. The van der Waals surface area contributed by atoms with Crippen LogP contribution in [-0.4, -0.2) is 19.0 Å². The fourth-order valence-electron chi connectivity index (χ4n) is 2.74. The fraction of sp³-hybridized carbons (Fsp3) is 0.286. The maximum absolute atomic E-state index is 4.59. The molecule has 0 unspecified atom stereocenters. The number of benzene rings is 1. The van der Waals surface area contributed by atoms with Crippen molar-refractivity contribution in [2.24, 2.45) is 9.98 Å². The van der Waals surface area contributed by atoms with Gasteiger partial charge in [-0.2, -0.15) is 0 Å². The summed E-state index contributed by atoms with van der Waals surface area (Å²) in [6, 6.07) is 4.42. The molecule has 0 fully saturated rings. The highest BCUT2D eigenvalue weighted by molar-refractivity contribution is 7.19. The number of hydrogen-bond donors (Lipinski definition) is 1. The molecule has 0 amide bonds. The van der Waals surface area contributed by atoms with E-state index >= 15 is 0 Å². The summed E-state index contributed by atoms with van der Waals surface area (Å²) in [7, 11) is 0. The SMILES string of the molecule is C1=NCc2sc3ccc4c(c3c2N=C1)CCCN4. The number of aryl methyl sites for hydroxylation is 1. The molecule has 18 heavy (non-hydrogen) atoms. The first kappa shape index (κ1) is 10.3. The van der Waals surface area contributed by atoms with Crippen LogP contribution in [0.4, 0.5) is 11.4 Å². The normalized spacial score (nSPS) is 17.1. The van der Waals surface area contributed by atoms with Crippen molar-refractivity contribution in [2.45, 2.75) is 19.4 Å². The van der Waals surface area contributed by atoms with Crippen LogP contribution in [0, 0.1) is 0 Å². The summed E-state index contributed by atoms with van der Waals surface area (Å²) in [5.41, 5.74) is 3.87. The van der Waals surface area contributed by atoms with E-state index in [1.165, 1.54) is 32.6 Å². The minimum Gasteiger partial charge on any atom is -0.385 e. The van der Waals surface area contributed by atoms with Gasteiger partial charge in [-0.1, -0.05) is 0 Å². The van der Waals surface area contributed by atoms with E-state index in [4.69, 9.17) is 0 Å². The zero-order valence-corrected chi connectivity index (χ0v) is 10.8. The van der Waals surface area contributed by atoms with Gasteiger partial charge in [0.15, 0.2) is 0 Å². The summed E-state index contributed by atoms with van der Waals surface area (Å²) < 4.78 is 1.34. The van der Waals surface area contributed by atoms with Crippen LogP contribution in [0.25, 0.3) is 10.1 Å². The molecule has 2 aliphatic rings. The maximum atomic E-state index is 4.59. The highest BCUT2D eigenvalue weighted by Crippen LogP contribution is 2.44. The van der Waals surface area contributed by atoms with Crippen molar-refractivity contribution in [1.82, 2.24) is 0 Å². The van der Waals surface area contributed by atoms with Gasteiger partial charge in [0.25, 0.3) is 0 Å². The van der Waals surface area contributed by atoms with E-state index in [9.17, 15) is 0 Å². The lowest BCUT2D eigenvalue weighted by Crippen LogP contribution is -2.11. The molecule has 0 saturated heterocycles. The molecular weight excluding hydrogens is 242 g/mol. The second-order valence-electron chi connectivity index (χ2n) is 4.64. The van der Waals surface area contributed by atoms with Gasteiger partial charge in [-0.05, 0) is 30.5 Å². The molecule has 90 valence electrons. The monoisotopic (exact) mass is 255 g/mol. The lowest BCUT2D eigenvalue weighted by molar-refractivity contribution is 0.837. The Morgan fingerprint density at radius 3 is 3.22 bits per heavy atom. The number of anilines is 1. The van der Waals surface area contributed by atoms with Gasteiger partial charge in [0.1, 0.15) is 0 Å². The van der Waals surface area contributed by atoms with Crippen LogP contribution in [0.5, 0.6) is 0 Å². The Bertz CT molecular complexity index is 682. The van der Waals surface area contributed by atoms with E-state index < -0.39 is 0 Å². The molecule has 0 aliphatic carbocycles. The third kappa shape index (κ3) is 1.42. The van der Waals surface area contributed by atoms with Gasteiger partial charge >= 0.3 is 0 Å².